The van der Waals surface area contributed by atoms with Crippen LogP contribution in [0.15, 0.2) is 0 Å². The van der Waals surface area contributed by atoms with E-state index in [1.54, 1.807) is 7.05 Å². The van der Waals surface area contributed by atoms with E-state index in [-0.39, 0.29) is 55.5 Å². The Hall–Kier alpha value is -2.41. The monoisotopic (exact) mass is 488 g/mol. The van der Waals surface area contributed by atoms with Crippen LogP contribution in [0.4, 0.5) is 0 Å². The minimum atomic E-state index is -1.26. The molecule has 34 heavy (non-hydrogen) atoms. The summed E-state index contributed by atoms with van der Waals surface area (Å²) in [7, 11) is 1.58. The second kappa shape index (κ2) is 19.0. The Morgan fingerprint density at radius 1 is 0.735 bits per heavy atom. The fourth-order valence-corrected chi connectivity index (χ4v) is 2.81. The average Bonchev–Trinajstić information content (AvgIpc) is 3.13. The lowest BCUT2D eigenvalue weighted by molar-refractivity contribution is -0.157. The lowest BCUT2D eigenvalue weighted by atomic mass is 10.2. The summed E-state index contributed by atoms with van der Waals surface area (Å²) in [5.74, 6) is -1.68. The Morgan fingerprint density at radius 2 is 1.26 bits per heavy atom. The first-order chi connectivity index (χ1) is 16.4. The molecule has 1 aliphatic rings. The Labute approximate surface area is 199 Å². The molecular weight excluding hydrogens is 452 g/mol. The van der Waals surface area contributed by atoms with E-state index in [0.717, 1.165) is 0 Å². The molecule has 0 radical (unpaired) electrons. The molecule has 1 rings (SSSR count). The Morgan fingerprint density at radius 3 is 1.82 bits per heavy atom. The highest BCUT2D eigenvalue weighted by Crippen LogP contribution is 2.15. The van der Waals surface area contributed by atoms with Gasteiger partial charge in [-0.15, -0.1) is 0 Å². The molecule has 1 aliphatic carbocycles. The van der Waals surface area contributed by atoms with Crippen LogP contribution in [0, 0.1) is 0 Å². The molecule has 0 aromatic rings. The van der Waals surface area contributed by atoms with E-state index in [0.29, 0.717) is 65.8 Å². The highest BCUT2D eigenvalue weighted by molar-refractivity contribution is 6.12. The molecule has 0 atom stereocenters. The number of ketones is 2. The zero-order valence-corrected chi connectivity index (χ0v) is 19.8. The predicted octanol–water partition coefficient (Wildman–Crippen LogP) is -0.681. The summed E-state index contributed by atoms with van der Waals surface area (Å²) < 4.78 is 26.2. The molecule has 12 nitrogen and oxygen atoms in total. The van der Waals surface area contributed by atoms with Gasteiger partial charge in [0.1, 0.15) is 0 Å². The van der Waals surface area contributed by atoms with Gasteiger partial charge >= 0.3 is 5.97 Å². The Balaban J connectivity index is 1.82. The maximum absolute atomic E-state index is 11.7. The van der Waals surface area contributed by atoms with Crippen LogP contribution in [0.3, 0.4) is 0 Å². The van der Waals surface area contributed by atoms with Crippen molar-refractivity contribution in [1.29, 1.82) is 0 Å². The van der Waals surface area contributed by atoms with E-state index < -0.39 is 12.1 Å². The van der Waals surface area contributed by atoms with E-state index in [4.69, 9.17) is 23.7 Å². The molecule has 0 unspecified atom stereocenters. The third kappa shape index (κ3) is 14.7. The van der Waals surface area contributed by atoms with Crippen molar-refractivity contribution in [3.63, 3.8) is 0 Å². The number of hydrogen-bond donors (Lipinski definition) is 2. The Bertz CT molecular complexity index is 640. The summed E-state index contributed by atoms with van der Waals surface area (Å²) in [6.45, 7) is 3.48. The predicted molar refractivity (Wildman–Crippen MR) is 118 cm³/mol. The molecular formula is C22H36N2O10. The van der Waals surface area contributed by atoms with Gasteiger partial charge in [0, 0.05) is 45.7 Å². The summed E-state index contributed by atoms with van der Waals surface area (Å²) >= 11 is 0. The van der Waals surface area contributed by atoms with E-state index in [1.165, 1.54) is 0 Å². The SMILES string of the molecule is CNC(=O)CCOCCOCCOCCOCCNC(=O)CCCC(=O)OC1C(=O)CCC1=O. The summed E-state index contributed by atoms with van der Waals surface area (Å²) in [5, 5.41) is 5.19. The lowest BCUT2D eigenvalue weighted by Crippen LogP contribution is -2.29. The quantitative estimate of drug-likeness (QED) is 0.128. The fourth-order valence-electron chi connectivity index (χ4n) is 2.81. The first-order valence-electron chi connectivity index (χ1n) is 11.5. The van der Waals surface area contributed by atoms with Gasteiger partial charge in [-0.3, -0.25) is 24.0 Å². The van der Waals surface area contributed by atoms with Gasteiger partial charge < -0.3 is 34.3 Å². The molecule has 2 N–H and O–H groups in total. The second-order valence-corrected chi connectivity index (χ2v) is 7.38. The second-order valence-electron chi connectivity index (χ2n) is 7.38. The molecule has 0 saturated heterocycles. The number of esters is 1. The van der Waals surface area contributed by atoms with Crippen LogP contribution >= 0.6 is 0 Å². The van der Waals surface area contributed by atoms with Crippen molar-refractivity contribution in [1.82, 2.24) is 10.6 Å². The number of carbonyl (C=O) groups excluding carboxylic acids is 5. The van der Waals surface area contributed by atoms with Gasteiger partial charge in [0.15, 0.2) is 11.6 Å². The zero-order chi connectivity index (χ0) is 25.0. The van der Waals surface area contributed by atoms with E-state index >= 15 is 0 Å². The first-order valence-corrected chi connectivity index (χ1v) is 11.5. The van der Waals surface area contributed by atoms with Gasteiger partial charge in [-0.05, 0) is 6.42 Å². The van der Waals surface area contributed by atoms with Crippen LogP contribution in [0.2, 0.25) is 0 Å². The third-order valence-corrected chi connectivity index (χ3v) is 4.67. The van der Waals surface area contributed by atoms with E-state index in [2.05, 4.69) is 10.6 Å². The molecule has 0 aliphatic heterocycles. The van der Waals surface area contributed by atoms with Gasteiger partial charge in [-0.1, -0.05) is 0 Å². The average molecular weight is 489 g/mol. The van der Waals surface area contributed by atoms with Gasteiger partial charge in [0.25, 0.3) is 0 Å². The zero-order valence-electron chi connectivity index (χ0n) is 19.8. The third-order valence-electron chi connectivity index (χ3n) is 4.67. The van der Waals surface area contributed by atoms with Gasteiger partial charge in [-0.2, -0.15) is 0 Å². The molecule has 2 amide bonds. The van der Waals surface area contributed by atoms with Gasteiger partial charge in [-0.25, -0.2) is 0 Å². The van der Waals surface area contributed by atoms with Crippen molar-refractivity contribution in [3.8, 4) is 0 Å². The van der Waals surface area contributed by atoms with Crippen LogP contribution in [0.1, 0.15) is 38.5 Å². The van der Waals surface area contributed by atoms with Crippen molar-refractivity contribution < 1.29 is 47.7 Å². The number of hydrogen-bond acceptors (Lipinski definition) is 10. The van der Waals surface area contributed by atoms with Crippen LogP contribution in [-0.2, 0) is 47.7 Å². The topological polar surface area (TPSA) is 156 Å². The van der Waals surface area contributed by atoms with Crippen LogP contribution < -0.4 is 10.6 Å². The van der Waals surface area contributed by atoms with E-state index in [1.807, 2.05) is 0 Å². The molecule has 0 aromatic carbocycles. The largest absolute Gasteiger partial charge is 0.446 e. The van der Waals surface area contributed by atoms with E-state index in [9.17, 15) is 24.0 Å². The summed E-state index contributed by atoms with van der Waals surface area (Å²) in [6.07, 6.45) is -0.354. The smallest absolute Gasteiger partial charge is 0.306 e. The maximum Gasteiger partial charge on any atom is 0.306 e. The standard InChI is InChI=1S/C22H36N2O10/c1-23-19(27)7-9-30-11-13-32-15-16-33-14-12-31-10-8-24-20(28)3-2-4-21(29)34-22-17(25)5-6-18(22)26/h22H,2-16H2,1H3,(H,23,27)(H,24,28). The molecule has 194 valence electrons. The number of carbonyl (C=O) groups is 5. The minimum absolute atomic E-state index is 0.0350. The number of rotatable bonds is 20. The van der Waals surface area contributed by atoms with Crippen molar-refractivity contribution in [2.24, 2.45) is 0 Å². The van der Waals surface area contributed by atoms with Crippen molar-refractivity contribution in [3.05, 3.63) is 0 Å². The summed E-state index contributed by atoms with van der Waals surface area (Å²) in [4.78, 5) is 57.3. The number of nitrogens with one attached hydrogen (secondary N) is 2. The fraction of sp³-hybridized carbons (Fsp3) is 0.773. The number of Topliss-reactive ketones (excluding diaryl/α,β-unsaturated/α-hetero) is 2. The molecule has 12 heteroatoms. The number of ether oxygens (including phenoxy) is 5. The van der Waals surface area contributed by atoms with Crippen molar-refractivity contribution in [2.75, 3.05) is 66.4 Å². The minimum Gasteiger partial charge on any atom is -0.446 e. The van der Waals surface area contributed by atoms with Crippen molar-refractivity contribution >= 4 is 29.4 Å². The molecule has 0 bridgehead atoms. The molecule has 1 saturated carbocycles. The van der Waals surface area contributed by atoms with Gasteiger partial charge in [0.2, 0.25) is 17.9 Å². The normalized spacial score (nSPS) is 13.8. The summed E-state index contributed by atoms with van der Waals surface area (Å²) in [6, 6.07) is 0. The van der Waals surface area contributed by atoms with Crippen molar-refractivity contribution in [2.45, 2.75) is 44.6 Å². The molecule has 0 spiro atoms. The number of amides is 2. The summed E-state index contributed by atoms with van der Waals surface area (Å²) in [5.41, 5.74) is 0. The molecule has 0 aromatic heterocycles. The molecule has 1 fully saturated rings. The first kappa shape index (κ1) is 29.6. The highest BCUT2D eigenvalue weighted by atomic mass is 16.6. The van der Waals surface area contributed by atoms with Crippen LogP contribution in [0.5, 0.6) is 0 Å². The Kier molecular flexibility index (Phi) is 16.5. The maximum atomic E-state index is 11.7. The van der Waals surface area contributed by atoms with Crippen LogP contribution in [-0.4, -0.2) is 102 Å². The van der Waals surface area contributed by atoms with Crippen LogP contribution in [0.25, 0.3) is 0 Å². The lowest BCUT2D eigenvalue weighted by Gasteiger charge is -2.09. The van der Waals surface area contributed by atoms with Gasteiger partial charge in [0.05, 0.1) is 52.9 Å². The molecule has 0 heterocycles. The highest BCUT2D eigenvalue weighted by Gasteiger charge is 2.35.